The van der Waals surface area contributed by atoms with Gasteiger partial charge in [-0.2, -0.15) is 0 Å². The number of halogens is 1. The number of benzene rings is 1. The van der Waals surface area contributed by atoms with E-state index in [9.17, 15) is 0 Å². The Balaban J connectivity index is 2.18. The molecular formula is C13H8BrNS. The molecule has 1 nitrogen and oxygen atoms in total. The second-order valence-electron chi connectivity index (χ2n) is 3.58. The number of hydrogen-bond donors (Lipinski definition) is 0. The van der Waals surface area contributed by atoms with E-state index in [1.807, 2.05) is 18.5 Å². The summed E-state index contributed by atoms with van der Waals surface area (Å²) in [4.78, 5) is 4.11. The maximum atomic E-state index is 4.11. The molecule has 0 amide bonds. The molecule has 0 atom stereocenters. The molecule has 2 aromatic heterocycles. The molecule has 0 saturated heterocycles. The van der Waals surface area contributed by atoms with E-state index < -0.39 is 0 Å². The molecule has 3 rings (SSSR count). The van der Waals surface area contributed by atoms with Crippen LogP contribution in [0.1, 0.15) is 0 Å². The zero-order valence-electron chi connectivity index (χ0n) is 8.35. The van der Waals surface area contributed by atoms with E-state index in [0.717, 1.165) is 3.79 Å². The second-order valence-corrected chi connectivity index (χ2v) is 5.87. The van der Waals surface area contributed by atoms with Gasteiger partial charge < -0.3 is 0 Å². The normalized spacial score (nSPS) is 10.8. The van der Waals surface area contributed by atoms with Gasteiger partial charge in [0.15, 0.2) is 0 Å². The summed E-state index contributed by atoms with van der Waals surface area (Å²) < 4.78 is 1.16. The summed E-state index contributed by atoms with van der Waals surface area (Å²) in [6.07, 6.45) is 3.72. The lowest BCUT2D eigenvalue weighted by molar-refractivity contribution is 1.36. The average molecular weight is 290 g/mol. The summed E-state index contributed by atoms with van der Waals surface area (Å²) in [5.74, 6) is 0. The van der Waals surface area contributed by atoms with Crippen molar-refractivity contribution < 1.29 is 0 Å². The molecule has 0 fully saturated rings. The highest BCUT2D eigenvalue weighted by atomic mass is 79.9. The molecule has 3 heteroatoms. The number of nitrogens with zero attached hydrogens (tertiary/aromatic N) is 1. The molecular weight excluding hydrogens is 282 g/mol. The molecule has 0 saturated carbocycles. The number of pyridine rings is 1. The fourth-order valence-electron chi connectivity index (χ4n) is 1.72. The predicted octanol–water partition coefficient (Wildman–Crippen LogP) is 4.73. The number of thiophene rings is 1. The Morgan fingerprint density at radius 1 is 1.00 bits per heavy atom. The van der Waals surface area contributed by atoms with E-state index in [0.29, 0.717) is 0 Å². The number of hydrogen-bond acceptors (Lipinski definition) is 2. The molecule has 3 aromatic rings. The van der Waals surface area contributed by atoms with E-state index in [1.54, 1.807) is 11.3 Å². The van der Waals surface area contributed by atoms with Gasteiger partial charge in [-0.05, 0) is 56.0 Å². The van der Waals surface area contributed by atoms with E-state index in [4.69, 9.17) is 0 Å². The van der Waals surface area contributed by atoms with Crippen molar-refractivity contribution in [1.82, 2.24) is 4.98 Å². The van der Waals surface area contributed by atoms with Crippen molar-refractivity contribution in [2.24, 2.45) is 0 Å². The smallest absolute Gasteiger partial charge is 0.0704 e. The van der Waals surface area contributed by atoms with Crippen LogP contribution in [0.5, 0.6) is 0 Å². The minimum Gasteiger partial charge on any atom is -0.264 e. The van der Waals surface area contributed by atoms with Gasteiger partial charge in [0, 0.05) is 17.8 Å². The van der Waals surface area contributed by atoms with E-state index in [-0.39, 0.29) is 0 Å². The summed E-state index contributed by atoms with van der Waals surface area (Å²) in [6, 6.07) is 10.6. The van der Waals surface area contributed by atoms with Crippen LogP contribution < -0.4 is 0 Å². The van der Waals surface area contributed by atoms with Crippen molar-refractivity contribution in [2.75, 3.05) is 0 Å². The van der Waals surface area contributed by atoms with Gasteiger partial charge in [-0.15, -0.1) is 11.3 Å². The highest BCUT2D eigenvalue weighted by molar-refractivity contribution is 9.11. The Kier molecular flexibility index (Phi) is 2.50. The summed E-state index contributed by atoms with van der Waals surface area (Å²) in [5.41, 5.74) is 2.51. The first-order valence-corrected chi connectivity index (χ1v) is 6.58. The molecule has 0 radical (unpaired) electrons. The van der Waals surface area contributed by atoms with E-state index >= 15 is 0 Å². The Bertz CT molecular complexity index is 645. The third kappa shape index (κ3) is 1.77. The first kappa shape index (κ1) is 10.00. The lowest BCUT2D eigenvalue weighted by Crippen LogP contribution is -1.77. The Morgan fingerprint density at radius 3 is 2.75 bits per heavy atom. The van der Waals surface area contributed by atoms with E-state index in [1.165, 1.54) is 21.9 Å². The van der Waals surface area contributed by atoms with Crippen molar-refractivity contribution in [3.63, 3.8) is 0 Å². The van der Waals surface area contributed by atoms with Crippen LogP contribution in [-0.2, 0) is 0 Å². The van der Waals surface area contributed by atoms with Crippen molar-refractivity contribution in [3.05, 3.63) is 51.9 Å². The standard InChI is InChI=1S/C13H8BrNS/c14-13-6-12(8-16-13)9-1-2-11-7-15-4-3-10(11)5-9/h1-8H. The molecule has 0 N–H and O–H groups in total. The molecule has 0 aliphatic heterocycles. The monoisotopic (exact) mass is 289 g/mol. The molecule has 78 valence electrons. The van der Waals surface area contributed by atoms with Gasteiger partial charge in [-0.25, -0.2) is 0 Å². The summed E-state index contributed by atoms with van der Waals surface area (Å²) in [7, 11) is 0. The van der Waals surface area contributed by atoms with Crippen molar-refractivity contribution >= 4 is 38.0 Å². The van der Waals surface area contributed by atoms with Crippen LogP contribution in [0.2, 0.25) is 0 Å². The van der Waals surface area contributed by atoms with Crippen LogP contribution in [-0.4, -0.2) is 4.98 Å². The molecule has 0 unspecified atom stereocenters. The zero-order chi connectivity index (χ0) is 11.0. The topological polar surface area (TPSA) is 12.9 Å². The Labute approximate surface area is 106 Å². The molecule has 1 aromatic carbocycles. The number of rotatable bonds is 1. The van der Waals surface area contributed by atoms with Crippen molar-refractivity contribution in [2.45, 2.75) is 0 Å². The van der Waals surface area contributed by atoms with Gasteiger partial charge in [-0.1, -0.05) is 12.1 Å². The quantitative estimate of drug-likeness (QED) is 0.631. The van der Waals surface area contributed by atoms with Gasteiger partial charge in [0.05, 0.1) is 3.79 Å². The molecule has 0 aliphatic rings. The largest absolute Gasteiger partial charge is 0.264 e. The summed E-state index contributed by atoms with van der Waals surface area (Å²) in [6.45, 7) is 0. The first-order valence-electron chi connectivity index (χ1n) is 4.91. The molecule has 0 bridgehead atoms. The van der Waals surface area contributed by atoms with Gasteiger partial charge >= 0.3 is 0 Å². The van der Waals surface area contributed by atoms with Gasteiger partial charge in [0.1, 0.15) is 0 Å². The Morgan fingerprint density at radius 2 is 1.94 bits per heavy atom. The first-order chi connectivity index (χ1) is 7.83. The van der Waals surface area contributed by atoms with Crippen molar-refractivity contribution in [3.8, 4) is 11.1 Å². The van der Waals surface area contributed by atoms with Crippen LogP contribution in [0.15, 0.2) is 51.9 Å². The highest BCUT2D eigenvalue weighted by Gasteiger charge is 2.01. The van der Waals surface area contributed by atoms with Crippen LogP contribution in [0.4, 0.5) is 0 Å². The van der Waals surface area contributed by atoms with Crippen molar-refractivity contribution in [1.29, 1.82) is 0 Å². The lowest BCUT2D eigenvalue weighted by atomic mass is 10.1. The van der Waals surface area contributed by atoms with Crippen LogP contribution >= 0.6 is 27.3 Å². The zero-order valence-corrected chi connectivity index (χ0v) is 10.8. The summed E-state index contributed by atoms with van der Waals surface area (Å²) >= 11 is 5.20. The van der Waals surface area contributed by atoms with Crippen LogP contribution in [0.25, 0.3) is 21.9 Å². The van der Waals surface area contributed by atoms with Gasteiger partial charge in [0.25, 0.3) is 0 Å². The third-order valence-electron chi connectivity index (χ3n) is 2.54. The summed E-state index contributed by atoms with van der Waals surface area (Å²) in [5, 5.41) is 4.57. The highest BCUT2D eigenvalue weighted by Crippen LogP contribution is 2.30. The lowest BCUT2D eigenvalue weighted by Gasteiger charge is -2.00. The number of aromatic nitrogens is 1. The maximum absolute atomic E-state index is 4.11. The Hall–Kier alpha value is -1.19. The van der Waals surface area contributed by atoms with Crippen LogP contribution in [0, 0.1) is 0 Å². The van der Waals surface area contributed by atoms with Gasteiger partial charge in [-0.3, -0.25) is 4.98 Å². The van der Waals surface area contributed by atoms with Gasteiger partial charge in [0.2, 0.25) is 0 Å². The minimum absolute atomic E-state index is 1.16. The molecule has 0 spiro atoms. The molecule has 2 heterocycles. The fourth-order valence-corrected chi connectivity index (χ4v) is 2.89. The van der Waals surface area contributed by atoms with Crippen LogP contribution in [0.3, 0.4) is 0 Å². The third-order valence-corrected chi connectivity index (χ3v) is 4.05. The van der Waals surface area contributed by atoms with E-state index in [2.05, 4.69) is 50.6 Å². The maximum Gasteiger partial charge on any atom is 0.0704 e. The molecule has 0 aliphatic carbocycles. The predicted molar refractivity (Wildman–Crippen MR) is 72.8 cm³/mol. The average Bonchev–Trinajstić information content (AvgIpc) is 2.75. The minimum atomic E-state index is 1.16. The second kappa shape index (κ2) is 4.00. The molecule has 16 heavy (non-hydrogen) atoms. The SMILES string of the molecule is Brc1cc(-c2ccc3cnccc3c2)cs1. The fraction of sp³-hybridized carbons (Fsp3) is 0. The number of fused-ring (bicyclic) bond motifs is 1.